The number of aromatic hydroxyl groups is 1. The molecule has 5 heteroatoms. The van der Waals surface area contributed by atoms with E-state index in [0.717, 1.165) is 16.7 Å². The molecule has 1 aliphatic heterocycles. The molecule has 24 heavy (non-hydrogen) atoms. The molecule has 4 nitrogen and oxygen atoms in total. The molecule has 0 amide bonds. The van der Waals surface area contributed by atoms with Crippen LogP contribution in [0.15, 0.2) is 42.5 Å². The standard InChI is InChI=1S/C19H21ClO4/c1-11-8-17(22)18(23)19(24-11)13-4-7-16(20)14(10-13)9-12-2-5-15(21)6-3-12/h2-7,10-11,17-19,21-23H,8-9H2,1H3/t11?,17?,18-,19?/m1/s1. The number of phenols is 1. The van der Waals surface area contributed by atoms with Crippen LogP contribution in [0.5, 0.6) is 5.75 Å². The van der Waals surface area contributed by atoms with Gasteiger partial charge in [-0.2, -0.15) is 0 Å². The SMILES string of the molecule is CC1CC(O)[C@@H](O)C(c2ccc(Cl)c(Cc3ccc(O)cc3)c2)O1. The molecule has 128 valence electrons. The van der Waals surface area contributed by atoms with Crippen molar-refractivity contribution in [2.75, 3.05) is 0 Å². The van der Waals surface area contributed by atoms with Gasteiger partial charge in [0.05, 0.1) is 12.2 Å². The second-order valence-corrected chi connectivity index (χ2v) is 6.76. The second kappa shape index (κ2) is 7.11. The summed E-state index contributed by atoms with van der Waals surface area (Å²) >= 11 is 6.31. The van der Waals surface area contributed by atoms with E-state index in [0.29, 0.717) is 17.9 Å². The minimum absolute atomic E-state index is 0.121. The van der Waals surface area contributed by atoms with E-state index in [1.807, 2.05) is 31.2 Å². The summed E-state index contributed by atoms with van der Waals surface area (Å²) in [6.07, 6.45) is -1.41. The lowest BCUT2D eigenvalue weighted by Gasteiger charge is -2.36. The van der Waals surface area contributed by atoms with Crippen molar-refractivity contribution in [2.24, 2.45) is 0 Å². The van der Waals surface area contributed by atoms with E-state index < -0.39 is 18.3 Å². The number of ether oxygens (including phenoxy) is 1. The third kappa shape index (κ3) is 3.73. The van der Waals surface area contributed by atoms with Crippen molar-refractivity contribution in [2.45, 2.75) is 44.2 Å². The number of aliphatic hydroxyl groups is 2. The molecule has 3 rings (SSSR count). The van der Waals surface area contributed by atoms with Crippen LogP contribution in [-0.2, 0) is 11.2 Å². The Morgan fingerprint density at radius 2 is 1.83 bits per heavy atom. The number of benzene rings is 2. The molecule has 1 fully saturated rings. The molecular formula is C19H21ClO4. The summed E-state index contributed by atoms with van der Waals surface area (Å²) in [6, 6.07) is 12.5. The van der Waals surface area contributed by atoms with Crippen LogP contribution in [0, 0.1) is 0 Å². The fraction of sp³-hybridized carbons (Fsp3) is 0.368. The molecule has 0 spiro atoms. The minimum Gasteiger partial charge on any atom is -0.508 e. The van der Waals surface area contributed by atoms with Gasteiger partial charge in [-0.3, -0.25) is 0 Å². The Morgan fingerprint density at radius 3 is 2.54 bits per heavy atom. The predicted octanol–water partition coefficient (Wildman–Crippen LogP) is 3.21. The first-order valence-corrected chi connectivity index (χ1v) is 8.39. The molecule has 1 aliphatic rings. The molecule has 0 bridgehead atoms. The lowest BCUT2D eigenvalue weighted by atomic mass is 9.92. The number of halogens is 1. The summed E-state index contributed by atoms with van der Waals surface area (Å²) < 4.78 is 5.83. The molecule has 2 aromatic carbocycles. The van der Waals surface area contributed by atoms with Crippen molar-refractivity contribution in [3.63, 3.8) is 0 Å². The van der Waals surface area contributed by atoms with Gasteiger partial charge in [0.1, 0.15) is 18.0 Å². The highest BCUT2D eigenvalue weighted by molar-refractivity contribution is 6.31. The van der Waals surface area contributed by atoms with Crippen LogP contribution >= 0.6 is 11.6 Å². The molecule has 3 N–H and O–H groups in total. The minimum atomic E-state index is -0.955. The molecule has 0 aliphatic carbocycles. The van der Waals surface area contributed by atoms with Crippen molar-refractivity contribution < 1.29 is 20.1 Å². The van der Waals surface area contributed by atoms with Crippen molar-refractivity contribution in [1.82, 2.24) is 0 Å². The van der Waals surface area contributed by atoms with Crippen molar-refractivity contribution in [3.8, 4) is 5.75 Å². The zero-order valence-corrected chi connectivity index (χ0v) is 14.1. The lowest BCUT2D eigenvalue weighted by molar-refractivity contribution is -0.166. The Morgan fingerprint density at radius 1 is 1.12 bits per heavy atom. The third-order valence-electron chi connectivity index (χ3n) is 4.39. The van der Waals surface area contributed by atoms with Gasteiger partial charge in [-0.1, -0.05) is 35.9 Å². The van der Waals surface area contributed by atoms with Crippen molar-refractivity contribution in [3.05, 3.63) is 64.2 Å². The Labute approximate surface area is 146 Å². The van der Waals surface area contributed by atoms with Gasteiger partial charge in [-0.25, -0.2) is 0 Å². The van der Waals surface area contributed by atoms with Gasteiger partial charge in [0.2, 0.25) is 0 Å². The monoisotopic (exact) mass is 348 g/mol. The molecular weight excluding hydrogens is 328 g/mol. The molecule has 1 heterocycles. The van der Waals surface area contributed by atoms with Crippen LogP contribution in [0.2, 0.25) is 5.02 Å². The van der Waals surface area contributed by atoms with Gasteiger partial charge in [-0.15, -0.1) is 0 Å². The highest BCUT2D eigenvalue weighted by atomic mass is 35.5. The van der Waals surface area contributed by atoms with E-state index in [4.69, 9.17) is 16.3 Å². The van der Waals surface area contributed by atoms with E-state index >= 15 is 0 Å². The van der Waals surface area contributed by atoms with E-state index in [-0.39, 0.29) is 11.9 Å². The largest absolute Gasteiger partial charge is 0.508 e. The van der Waals surface area contributed by atoms with Crippen LogP contribution in [0.1, 0.15) is 36.1 Å². The van der Waals surface area contributed by atoms with Gasteiger partial charge in [0.15, 0.2) is 0 Å². The van der Waals surface area contributed by atoms with Crippen LogP contribution in [0.3, 0.4) is 0 Å². The Balaban J connectivity index is 1.86. The lowest BCUT2D eigenvalue weighted by Crippen LogP contribution is -2.42. The first-order valence-electron chi connectivity index (χ1n) is 8.02. The topological polar surface area (TPSA) is 69.9 Å². The normalized spacial score (nSPS) is 27.2. The summed E-state index contributed by atoms with van der Waals surface area (Å²) in [4.78, 5) is 0. The Kier molecular flexibility index (Phi) is 5.11. The number of aliphatic hydroxyl groups excluding tert-OH is 2. The zero-order chi connectivity index (χ0) is 17.3. The fourth-order valence-corrected chi connectivity index (χ4v) is 3.27. The molecule has 2 aromatic rings. The summed E-state index contributed by atoms with van der Waals surface area (Å²) in [5, 5.41) is 30.2. The van der Waals surface area contributed by atoms with Gasteiger partial charge in [-0.05, 0) is 48.2 Å². The van der Waals surface area contributed by atoms with Crippen LogP contribution < -0.4 is 0 Å². The molecule has 0 saturated carbocycles. The fourth-order valence-electron chi connectivity index (χ4n) is 3.08. The summed E-state index contributed by atoms with van der Waals surface area (Å²) in [5.41, 5.74) is 2.72. The van der Waals surface area contributed by atoms with Crippen LogP contribution in [0.4, 0.5) is 0 Å². The quantitative estimate of drug-likeness (QED) is 0.796. The maximum Gasteiger partial charge on any atom is 0.115 e. The van der Waals surface area contributed by atoms with Crippen LogP contribution in [-0.4, -0.2) is 33.6 Å². The first-order chi connectivity index (χ1) is 11.4. The van der Waals surface area contributed by atoms with Gasteiger partial charge < -0.3 is 20.1 Å². The number of hydrogen-bond donors (Lipinski definition) is 3. The first kappa shape index (κ1) is 17.2. The second-order valence-electron chi connectivity index (χ2n) is 6.36. The van der Waals surface area contributed by atoms with E-state index in [2.05, 4.69) is 0 Å². The smallest absolute Gasteiger partial charge is 0.115 e. The predicted molar refractivity (Wildman–Crippen MR) is 92.3 cm³/mol. The van der Waals surface area contributed by atoms with E-state index in [1.165, 1.54) is 0 Å². The van der Waals surface area contributed by atoms with E-state index in [1.54, 1.807) is 18.2 Å². The van der Waals surface area contributed by atoms with Gasteiger partial charge >= 0.3 is 0 Å². The maximum atomic E-state index is 10.3. The summed E-state index contributed by atoms with van der Waals surface area (Å²) in [7, 11) is 0. The average molecular weight is 349 g/mol. The van der Waals surface area contributed by atoms with Gasteiger partial charge in [0, 0.05) is 11.4 Å². The number of rotatable bonds is 3. The van der Waals surface area contributed by atoms with Crippen molar-refractivity contribution >= 4 is 11.6 Å². The van der Waals surface area contributed by atoms with Crippen LogP contribution in [0.25, 0.3) is 0 Å². The highest BCUT2D eigenvalue weighted by Crippen LogP contribution is 2.34. The number of phenolic OH excluding ortho intramolecular Hbond substituents is 1. The highest BCUT2D eigenvalue weighted by Gasteiger charge is 2.36. The molecule has 1 saturated heterocycles. The van der Waals surface area contributed by atoms with Gasteiger partial charge in [0.25, 0.3) is 0 Å². The molecule has 4 atom stereocenters. The molecule has 3 unspecified atom stereocenters. The molecule has 0 aromatic heterocycles. The third-order valence-corrected chi connectivity index (χ3v) is 4.75. The molecule has 0 radical (unpaired) electrons. The Bertz CT molecular complexity index is 701. The average Bonchev–Trinajstić information content (AvgIpc) is 2.55. The summed E-state index contributed by atoms with van der Waals surface area (Å²) in [6.45, 7) is 1.88. The summed E-state index contributed by atoms with van der Waals surface area (Å²) in [5.74, 6) is 0.223. The van der Waals surface area contributed by atoms with Crippen molar-refractivity contribution in [1.29, 1.82) is 0 Å². The number of hydrogen-bond acceptors (Lipinski definition) is 4. The van der Waals surface area contributed by atoms with E-state index in [9.17, 15) is 15.3 Å². The maximum absolute atomic E-state index is 10.3. The Hall–Kier alpha value is -1.59. The zero-order valence-electron chi connectivity index (χ0n) is 13.4.